The SMILES string of the molecule is C1=C[N-]C(C2CCCC[N-]2)C=C1.C1CCC(C2CCCC[N-]2)[N-]C1.C1CCC([PH+](CCCC[PH+](C2CCCCC2)C2CCCCC2)C2CCCCC2)CC1.[Ag+].[Ag+]. The summed E-state index contributed by atoms with van der Waals surface area (Å²) in [5.41, 5.74) is 4.86. The van der Waals surface area contributed by atoms with Crippen molar-refractivity contribution in [3.63, 3.8) is 0 Å². The smallest absolute Gasteiger partial charge is 0.686 e. The van der Waals surface area contributed by atoms with Crippen LogP contribution in [0.4, 0.5) is 0 Å². The third kappa shape index (κ3) is 17.7. The van der Waals surface area contributed by atoms with Crippen molar-refractivity contribution in [3.05, 3.63) is 45.7 Å². The minimum absolute atomic E-state index is 0. The minimum Gasteiger partial charge on any atom is -0.686 e. The summed E-state index contributed by atoms with van der Waals surface area (Å²) in [7, 11) is -0.162. The van der Waals surface area contributed by atoms with Crippen LogP contribution in [0.5, 0.6) is 0 Å². The maximum absolute atomic E-state index is 4.66. The number of rotatable bonds is 11. The van der Waals surface area contributed by atoms with Gasteiger partial charge in [-0.1, -0.05) is 95.6 Å². The van der Waals surface area contributed by atoms with Gasteiger partial charge in [-0.3, -0.25) is 0 Å². The molecule has 4 atom stereocenters. The largest absolute Gasteiger partial charge is 1.00 e. The summed E-state index contributed by atoms with van der Waals surface area (Å²) in [5.74, 6) is 0. The van der Waals surface area contributed by atoms with Crippen LogP contribution < -0.4 is 0 Å². The summed E-state index contributed by atoms with van der Waals surface area (Å²) >= 11 is 0. The maximum Gasteiger partial charge on any atom is 1.00 e. The molecule has 4 nitrogen and oxygen atoms in total. The first-order valence-electron chi connectivity index (χ1n) is 24.6. The molecule has 7 fully saturated rings. The first-order valence-corrected chi connectivity index (χ1v) is 28.3. The Hall–Kier alpha value is 1.50. The molecule has 0 amide bonds. The average Bonchev–Trinajstić information content (AvgIpc) is 3.28. The zero-order valence-corrected chi connectivity index (χ0v) is 40.7. The van der Waals surface area contributed by atoms with E-state index >= 15 is 0 Å². The number of piperidine rings is 3. The molecule has 4 unspecified atom stereocenters. The van der Waals surface area contributed by atoms with Crippen molar-refractivity contribution in [2.45, 2.75) is 246 Å². The summed E-state index contributed by atoms with van der Waals surface area (Å²) in [5, 5.41) is 18.3. The van der Waals surface area contributed by atoms with E-state index in [4.69, 9.17) is 0 Å². The molecule has 56 heavy (non-hydrogen) atoms. The Morgan fingerprint density at radius 1 is 0.375 bits per heavy atom. The van der Waals surface area contributed by atoms with E-state index in [-0.39, 0.29) is 60.6 Å². The fourth-order valence-electron chi connectivity index (χ4n) is 12.0. The summed E-state index contributed by atoms with van der Waals surface area (Å²) in [6.07, 6.45) is 58.3. The van der Waals surface area contributed by atoms with Gasteiger partial charge in [-0.25, -0.2) is 0 Å². The van der Waals surface area contributed by atoms with Gasteiger partial charge in [-0.05, 0) is 116 Å². The second-order valence-corrected chi connectivity index (χ2v) is 25.5. The van der Waals surface area contributed by atoms with Gasteiger partial charge in [0.05, 0.1) is 35.0 Å². The van der Waals surface area contributed by atoms with Gasteiger partial charge in [0.15, 0.2) is 0 Å². The van der Waals surface area contributed by atoms with Crippen LogP contribution in [-0.2, 0) is 44.8 Å². The Morgan fingerprint density at radius 3 is 1.02 bits per heavy atom. The molecule has 0 N–H and O–H groups in total. The minimum atomic E-state index is -0.0809. The molecular formula is C48H86Ag2N4P2. The molecular weight excluding hydrogens is 910 g/mol. The molecule has 4 saturated carbocycles. The van der Waals surface area contributed by atoms with E-state index < -0.39 is 0 Å². The Bertz CT molecular complexity index is 913. The molecule has 0 aromatic heterocycles. The second kappa shape index (κ2) is 30.5. The van der Waals surface area contributed by atoms with Crippen molar-refractivity contribution < 1.29 is 44.8 Å². The molecule has 8 rings (SSSR count). The van der Waals surface area contributed by atoms with Crippen molar-refractivity contribution in [3.8, 4) is 0 Å². The van der Waals surface area contributed by atoms with Gasteiger partial charge < -0.3 is 21.3 Å². The summed E-state index contributed by atoms with van der Waals surface area (Å²) in [6.45, 7) is 3.22. The van der Waals surface area contributed by atoms with Crippen LogP contribution in [0.2, 0.25) is 0 Å². The van der Waals surface area contributed by atoms with Crippen LogP contribution in [0.1, 0.15) is 199 Å². The van der Waals surface area contributed by atoms with Crippen molar-refractivity contribution in [2.75, 3.05) is 32.0 Å². The molecule has 0 spiro atoms. The molecule has 0 bridgehead atoms. The summed E-state index contributed by atoms with van der Waals surface area (Å²) < 4.78 is 0. The summed E-state index contributed by atoms with van der Waals surface area (Å²) in [4.78, 5) is 0. The van der Waals surface area contributed by atoms with E-state index in [2.05, 4.69) is 33.4 Å². The fraction of sp³-hybridized carbons (Fsp3) is 0.917. The Balaban J connectivity index is 0.000000219. The van der Waals surface area contributed by atoms with Gasteiger partial charge in [0, 0.05) is 15.8 Å². The van der Waals surface area contributed by atoms with Crippen molar-refractivity contribution in [2.24, 2.45) is 0 Å². The number of unbranched alkanes of at least 4 members (excludes halogenated alkanes) is 1. The van der Waals surface area contributed by atoms with Crippen LogP contribution in [0.15, 0.2) is 24.4 Å². The summed E-state index contributed by atoms with van der Waals surface area (Å²) in [6, 6.07) is 1.98. The molecule has 3 saturated heterocycles. The molecule has 8 heteroatoms. The molecule has 4 heterocycles. The third-order valence-electron chi connectivity index (χ3n) is 15.1. The first-order chi connectivity index (χ1) is 26.8. The van der Waals surface area contributed by atoms with E-state index in [1.807, 2.05) is 12.3 Å². The third-order valence-corrected chi connectivity index (χ3v) is 23.5. The van der Waals surface area contributed by atoms with Crippen LogP contribution >= 0.6 is 15.8 Å². The molecule has 8 aliphatic rings. The van der Waals surface area contributed by atoms with Crippen molar-refractivity contribution in [1.82, 2.24) is 0 Å². The van der Waals surface area contributed by atoms with Gasteiger partial charge in [0.1, 0.15) is 0 Å². The Labute approximate surface area is 381 Å². The molecule has 4 aliphatic heterocycles. The topological polar surface area (TPSA) is 56.4 Å². The van der Waals surface area contributed by atoms with Gasteiger partial charge in [-0.2, -0.15) is 18.3 Å². The quantitative estimate of drug-likeness (QED) is 0.113. The van der Waals surface area contributed by atoms with Gasteiger partial charge in [0.25, 0.3) is 0 Å². The van der Waals surface area contributed by atoms with Crippen molar-refractivity contribution >= 4 is 15.8 Å². The predicted octanol–water partition coefficient (Wildman–Crippen LogP) is 15.1. The van der Waals surface area contributed by atoms with Crippen LogP contribution in [0.25, 0.3) is 21.3 Å². The Morgan fingerprint density at radius 2 is 0.714 bits per heavy atom. The number of nitrogens with zero attached hydrogens (tertiary/aromatic N) is 4. The van der Waals surface area contributed by atoms with E-state index in [1.54, 1.807) is 154 Å². The predicted molar refractivity (Wildman–Crippen MR) is 246 cm³/mol. The van der Waals surface area contributed by atoms with E-state index in [0.29, 0.717) is 24.2 Å². The van der Waals surface area contributed by atoms with Gasteiger partial charge >= 0.3 is 44.8 Å². The maximum atomic E-state index is 4.66. The fourth-order valence-corrected chi connectivity index (χ4v) is 20.9. The van der Waals surface area contributed by atoms with Crippen LogP contribution in [-0.4, -0.2) is 78.8 Å². The average molecular weight is 997 g/mol. The first kappa shape index (κ1) is 50.1. The number of allylic oxidation sites excluding steroid dienone is 2. The normalized spacial score (nSPS) is 29.8. The standard InChI is InChI=1S/C28H52P2.C10H18N2.C10H14N2.2Ag/c1-5-15-25(16-6-1)29(26-17-7-2-8-18-26)23-13-14-24-30(27-19-9-3-10-20-27)28-21-11-4-12-22-28;2*1-3-7-11-9(5-1)10-6-2-4-8-12-10;;/h25-28H,1-24H2;9-10H,1-8H2;1,3,5,7,9-10H,2,4,6,8H2;;/q;2*-2;2*+1/p+2. The Kier molecular flexibility index (Phi) is 27.3. The van der Waals surface area contributed by atoms with Gasteiger partial charge in [0.2, 0.25) is 0 Å². The second-order valence-electron chi connectivity index (χ2n) is 19.0. The van der Waals surface area contributed by atoms with Crippen LogP contribution in [0, 0.1) is 0 Å². The van der Waals surface area contributed by atoms with Crippen LogP contribution in [0.3, 0.4) is 0 Å². The van der Waals surface area contributed by atoms with Gasteiger partial charge in [-0.15, -0.1) is 37.8 Å². The van der Waals surface area contributed by atoms with Crippen molar-refractivity contribution in [1.29, 1.82) is 0 Å². The van der Waals surface area contributed by atoms with E-state index in [9.17, 15) is 0 Å². The number of hydrogen-bond donors (Lipinski definition) is 0. The molecule has 4 aliphatic carbocycles. The zero-order chi connectivity index (χ0) is 36.9. The monoisotopic (exact) mass is 994 g/mol. The molecule has 330 valence electrons. The zero-order valence-electron chi connectivity index (χ0n) is 35.8. The van der Waals surface area contributed by atoms with E-state index in [0.717, 1.165) is 19.6 Å². The van der Waals surface area contributed by atoms with E-state index in [1.165, 1.54) is 80.4 Å². The molecule has 0 aromatic carbocycles. The number of hydrogen-bond acceptors (Lipinski definition) is 0. The molecule has 0 radical (unpaired) electrons. The molecule has 0 aromatic rings.